The van der Waals surface area contributed by atoms with Crippen LogP contribution in [0.5, 0.6) is 11.6 Å². The quantitative estimate of drug-likeness (QED) is 0.897. The standard InChI is InChI=1S/C14H13NO3/c1-10-6-7-15-13(8-10)18-12-4-2-11(3-5-12)9-14(16)17/h2-8H,9H2,1H3,(H,16,17). The third kappa shape index (κ3) is 3.31. The summed E-state index contributed by atoms with van der Waals surface area (Å²) in [6.07, 6.45) is 1.70. The van der Waals surface area contributed by atoms with Crippen molar-refractivity contribution in [1.82, 2.24) is 4.98 Å². The molecular formula is C14H13NO3. The second kappa shape index (κ2) is 5.31. The van der Waals surface area contributed by atoms with Crippen LogP contribution in [-0.4, -0.2) is 16.1 Å². The van der Waals surface area contributed by atoms with Crippen LogP contribution in [0.3, 0.4) is 0 Å². The SMILES string of the molecule is Cc1ccnc(Oc2ccc(CC(=O)O)cc2)c1. The molecule has 0 bridgehead atoms. The Morgan fingerprint density at radius 1 is 1.28 bits per heavy atom. The smallest absolute Gasteiger partial charge is 0.307 e. The summed E-state index contributed by atoms with van der Waals surface area (Å²) in [5.41, 5.74) is 1.81. The van der Waals surface area contributed by atoms with Crippen LogP contribution in [0.15, 0.2) is 42.6 Å². The summed E-state index contributed by atoms with van der Waals surface area (Å²) in [5, 5.41) is 8.66. The Kier molecular flexibility index (Phi) is 3.57. The lowest BCUT2D eigenvalue weighted by molar-refractivity contribution is -0.136. The van der Waals surface area contributed by atoms with Crippen LogP contribution in [0.25, 0.3) is 0 Å². The van der Waals surface area contributed by atoms with Gasteiger partial charge in [-0.2, -0.15) is 0 Å². The van der Waals surface area contributed by atoms with Crippen LogP contribution in [0.1, 0.15) is 11.1 Å². The molecule has 0 amide bonds. The number of aliphatic carboxylic acids is 1. The van der Waals surface area contributed by atoms with Gasteiger partial charge in [-0.15, -0.1) is 0 Å². The number of ether oxygens (including phenoxy) is 1. The Morgan fingerprint density at radius 2 is 2.00 bits per heavy atom. The maximum atomic E-state index is 10.5. The average Bonchev–Trinajstić information content (AvgIpc) is 2.31. The minimum absolute atomic E-state index is 0.0168. The van der Waals surface area contributed by atoms with Crippen LogP contribution in [0.4, 0.5) is 0 Å². The molecule has 0 fully saturated rings. The molecule has 1 heterocycles. The zero-order valence-corrected chi connectivity index (χ0v) is 9.96. The Morgan fingerprint density at radius 3 is 2.61 bits per heavy atom. The largest absolute Gasteiger partial charge is 0.481 e. The van der Waals surface area contributed by atoms with Gasteiger partial charge in [-0.25, -0.2) is 4.98 Å². The highest BCUT2D eigenvalue weighted by molar-refractivity contribution is 5.70. The Labute approximate surface area is 105 Å². The van der Waals surface area contributed by atoms with Crippen LogP contribution < -0.4 is 4.74 Å². The molecule has 0 aliphatic carbocycles. The molecule has 1 aromatic heterocycles. The number of nitrogens with zero attached hydrogens (tertiary/aromatic N) is 1. The fourth-order valence-corrected chi connectivity index (χ4v) is 1.53. The lowest BCUT2D eigenvalue weighted by Crippen LogP contribution is -1.99. The van der Waals surface area contributed by atoms with E-state index in [2.05, 4.69) is 4.98 Å². The van der Waals surface area contributed by atoms with E-state index in [0.29, 0.717) is 11.6 Å². The summed E-state index contributed by atoms with van der Waals surface area (Å²) in [6, 6.07) is 10.7. The molecule has 92 valence electrons. The number of aryl methyl sites for hydroxylation is 1. The van der Waals surface area contributed by atoms with Gasteiger partial charge in [-0.1, -0.05) is 12.1 Å². The van der Waals surface area contributed by atoms with Crippen molar-refractivity contribution in [2.75, 3.05) is 0 Å². The Hall–Kier alpha value is -2.36. The molecule has 0 spiro atoms. The molecule has 0 saturated heterocycles. The molecule has 0 radical (unpaired) electrons. The zero-order valence-electron chi connectivity index (χ0n) is 9.96. The first-order valence-electron chi connectivity index (χ1n) is 5.55. The lowest BCUT2D eigenvalue weighted by Gasteiger charge is -2.05. The fraction of sp³-hybridized carbons (Fsp3) is 0.143. The fourth-order valence-electron chi connectivity index (χ4n) is 1.53. The predicted molar refractivity (Wildman–Crippen MR) is 66.8 cm³/mol. The van der Waals surface area contributed by atoms with Crippen LogP contribution in [0.2, 0.25) is 0 Å². The second-order valence-electron chi connectivity index (χ2n) is 3.99. The van der Waals surface area contributed by atoms with E-state index in [0.717, 1.165) is 11.1 Å². The molecular weight excluding hydrogens is 230 g/mol. The second-order valence-corrected chi connectivity index (χ2v) is 3.99. The number of benzene rings is 1. The van der Waals surface area contributed by atoms with Crippen molar-refractivity contribution < 1.29 is 14.6 Å². The number of hydrogen-bond acceptors (Lipinski definition) is 3. The van der Waals surface area contributed by atoms with E-state index in [-0.39, 0.29) is 6.42 Å². The first kappa shape index (κ1) is 12.1. The number of carbonyl (C=O) groups is 1. The van der Waals surface area contributed by atoms with E-state index >= 15 is 0 Å². The summed E-state index contributed by atoms with van der Waals surface area (Å²) in [7, 11) is 0. The van der Waals surface area contributed by atoms with Crippen molar-refractivity contribution in [1.29, 1.82) is 0 Å². The minimum Gasteiger partial charge on any atom is -0.481 e. The highest BCUT2D eigenvalue weighted by atomic mass is 16.5. The van der Waals surface area contributed by atoms with Crippen molar-refractivity contribution in [3.05, 3.63) is 53.7 Å². The Bertz CT molecular complexity index is 549. The van der Waals surface area contributed by atoms with Crippen molar-refractivity contribution in [3.63, 3.8) is 0 Å². The number of carboxylic acid groups (broad SMARTS) is 1. The van der Waals surface area contributed by atoms with E-state index in [9.17, 15) is 4.79 Å². The summed E-state index contributed by atoms with van der Waals surface area (Å²) >= 11 is 0. The molecule has 0 saturated carbocycles. The summed E-state index contributed by atoms with van der Waals surface area (Å²) in [4.78, 5) is 14.6. The van der Waals surface area contributed by atoms with Crippen molar-refractivity contribution in [3.8, 4) is 11.6 Å². The summed E-state index contributed by atoms with van der Waals surface area (Å²) in [5.74, 6) is 0.326. The normalized spacial score (nSPS) is 10.1. The van der Waals surface area contributed by atoms with Gasteiger partial charge in [0, 0.05) is 12.3 Å². The number of pyridine rings is 1. The third-order valence-corrected chi connectivity index (χ3v) is 2.39. The van der Waals surface area contributed by atoms with Crippen LogP contribution >= 0.6 is 0 Å². The van der Waals surface area contributed by atoms with Gasteiger partial charge < -0.3 is 9.84 Å². The number of hydrogen-bond donors (Lipinski definition) is 1. The van der Waals surface area contributed by atoms with E-state index in [4.69, 9.17) is 9.84 Å². The van der Waals surface area contributed by atoms with Crippen LogP contribution in [-0.2, 0) is 11.2 Å². The third-order valence-electron chi connectivity index (χ3n) is 2.39. The number of rotatable bonds is 4. The van der Waals surface area contributed by atoms with Gasteiger partial charge in [-0.05, 0) is 36.2 Å². The van der Waals surface area contributed by atoms with Gasteiger partial charge in [0.1, 0.15) is 5.75 Å². The van der Waals surface area contributed by atoms with E-state index < -0.39 is 5.97 Å². The van der Waals surface area contributed by atoms with Crippen LogP contribution in [0, 0.1) is 6.92 Å². The van der Waals surface area contributed by atoms with Gasteiger partial charge in [0.15, 0.2) is 0 Å². The molecule has 4 heteroatoms. The van der Waals surface area contributed by atoms with E-state index in [1.54, 1.807) is 30.5 Å². The van der Waals surface area contributed by atoms with Gasteiger partial charge >= 0.3 is 5.97 Å². The zero-order chi connectivity index (χ0) is 13.0. The Balaban J connectivity index is 2.08. The molecule has 4 nitrogen and oxygen atoms in total. The van der Waals surface area contributed by atoms with Crippen molar-refractivity contribution in [2.45, 2.75) is 13.3 Å². The minimum atomic E-state index is -0.844. The molecule has 0 aliphatic heterocycles. The maximum absolute atomic E-state index is 10.5. The molecule has 2 rings (SSSR count). The summed E-state index contributed by atoms with van der Waals surface area (Å²) in [6.45, 7) is 1.96. The highest BCUT2D eigenvalue weighted by Crippen LogP contribution is 2.20. The van der Waals surface area contributed by atoms with E-state index in [1.165, 1.54) is 0 Å². The lowest BCUT2D eigenvalue weighted by atomic mass is 10.1. The van der Waals surface area contributed by atoms with Gasteiger partial charge in [-0.3, -0.25) is 4.79 Å². The topological polar surface area (TPSA) is 59.4 Å². The predicted octanol–water partition coefficient (Wildman–Crippen LogP) is 2.81. The van der Waals surface area contributed by atoms with Crippen molar-refractivity contribution in [2.24, 2.45) is 0 Å². The molecule has 0 aliphatic rings. The summed E-state index contributed by atoms with van der Waals surface area (Å²) < 4.78 is 5.56. The number of aromatic nitrogens is 1. The first-order valence-corrected chi connectivity index (χ1v) is 5.55. The van der Waals surface area contributed by atoms with Gasteiger partial charge in [0.25, 0.3) is 0 Å². The average molecular weight is 243 g/mol. The van der Waals surface area contributed by atoms with E-state index in [1.807, 2.05) is 19.1 Å². The highest BCUT2D eigenvalue weighted by Gasteiger charge is 2.02. The number of carboxylic acids is 1. The molecule has 0 unspecified atom stereocenters. The maximum Gasteiger partial charge on any atom is 0.307 e. The molecule has 18 heavy (non-hydrogen) atoms. The molecule has 2 aromatic rings. The van der Waals surface area contributed by atoms with Gasteiger partial charge in [0.05, 0.1) is 6.42 Å². The molecule has 0 atom stereocenters. The monoisotopic (exact) mass is 243 g/mol. The van der Waals surface area contributed by atoms with Gasteiger partial charge in [0.2, 0.25) is 5.88 Å². The first-order chi connectivity index (χ1) is 8.63. The molecule has 1 N–H and O–H groups in total. The molecule has 1 aromatic carbocycles. The van der Waals surface area contributed by atoms with Crippen molar-refractivity contribution >= 4 is 5.97 Å².